The molecule has 0 saturated heterocycles. The lowest BCUT2D eigenvalue weighted by Gasteiger charge is -2.26. The monoisotopic (exact) mass is 595 g/mol. The number of nitrogens with one attached hydrogen (secondary N) is 1. The smallest absolute Gasteiger partial charge is 0.256 e. The Labute approximate surface area is 210 Å². The number of hydrogen-bond acceptors (Lipinski definition) is 6. The van der Waals surface area contributed by atoms with Gasteiger partial charge in [0.05, 0.1) is 4.90 Å². The molecule has 0 bridgehead atoms. The highest BCUT2D eigenvalue weighted by Crippen LogP contribution is 2.38. The molecule has 1 N–H and O–H groups in total. The third kappa shape index (κ3) is 5.13. The number of amides is 1. The van der Waals surface area contributed by atoms with Crippen LogP contribution in [-0.2, 0) is 23.0 Å². The maximum absolute atomic E-state index is 13.2. The van der Waals surface area contributed by atoms with Gasteiger partial charge in [-0.2, -0.15) is 4.31 Å². The minimum atomic E-state index is -3.66. The van der Waals surface area contributed by atoms with E-state index < -0.39 is 10.0 Å². The van der Waals surface area contributed by atoms with E-state index in [0.717, 1.165) is 16.0 Å². The summed E-state index contributed by atoms with van der Waals surface area (Å²) < 4.78 is 33.8. The van der Waals surface area contributed by atoms with Gasteiger partial charge in [0.2, 0.25) is 10.0 Å². The maximum atomic E-state index is 13.2. The molecular formula is C23H22IN3O4S2. The number of fused-ring (bicyclic) bond motifs is 1. The molecule has 2 aromatic carbocycles. The molecule has 0 aliphatic carbocycles. The van der Waals surface area contributed by atoms with Gasteiger partial charge in [0, 0.05) is 42.4 Å². The van der Waals surface area contributed by atoms with E-state index in [9.17, 15) is 13.2 Å². The van der Waals surface area contributed by atoms with Crippen LogP contribution in [0.2, 0.25) is 0 Å². The van der Waals surface area contributed by atoms with Gasteiger partial charge < -0.3 is 10.1 Å². The Kier molecular flexibility index (Phi) is 7.47. The number of aliphatic imine (C=N–C) groups is 1. The second kappa shape index (κ2) is 10.3. The van der Waals surface area contributed by atoms with Crippen molar-refractivity contribution in [3.05, 3.63) is 76.2 Å². The molecule has 0 unspecified atom stereocenters. The Morgan fingerprint density at radius 1 is 1.21 bits per heavy atom. The van der Waals surface area contributed by atoms with E-state index in [1.54, 1.807) is 49.7 Å². The Bertz CT molecular complexity index is 1270. The van der Waals surface area contributed by atoms with Gasteiger partial charge in [0.1, 0.15) is 15.4 Å². The van der Waals surface area contributed by atoms with Gasteiger partial charge in [0.15, 0.2) is 0 Å². The lowest BCUT2D eigenvalue weighted by Crippen LogP contribution is -2.35. The minimum absolute atomic E-state index is 0.210. The van der Waals surface area contributed by atoms with Crippen molar-refractivity contribution in [2.75, 3.05) is 23.5 Å². The number of carbonyl (C=O) groups excluding carboxylic acids is 1. The predicted molar refractivity (Wildman–Crippen MR) is 139 cm³/mol. The van der Waals surface area contributed by atoms with E-state index in [-0.39, 0.29) is 17.3 Å². The van der Waals surface area contributed by atoms with Gasteiger partial charge >= 0.3 is 0 Å². The van der Waals surface area contributed by atoms with Crippen molar-refractivity contribution < 1.29 is 17.9 Å². The number of sulfonamides is 1. The summed E-state index contributed by atoms with van der Waals surface area (Å²) in [5, 5.41) is 3.66. The van der Waals surface area contributed by atoms with Gasteiger partial charge in [-0.25, -0.2) is 8.42 Å². The van der Waals surface area contributed by atoms with Crippen molar-refractivity contribution in [1.82, 2.24) is 4.31 Å². The van der Waals surface area contributed by atoms with Crippen molar-refractivity contribution >= 4 is 61.1 Å². The molecule has 3 aromatic rings. The molecule has 0 radical (unpaired) electrons. The number of thiophene rings is 1. The van der Waals surface area contributed by atoms with Crippen molar-refractivity contribution in [3.8, 4) is 5.75 Å². The molecule has 2 heterocycles. The van der Waals surface area contributed by atoms with Crippen molar-refractivity contribution in [3.63, 3.8) is 0 Å². The van der Waals surface area contributed by atoms with Crippen molar-refractivity contribution in [2.45, 2.75) is 17.9 Å². The molecule has 4 rings (SSSR count). The summed E-state index contributed by atoms with van der Waals surface area (Å²) in [5.41, 5.74) is 2.44. The van der Waals surface area contributed by atoms with Gasteiger partial charge in [-0.3, -0.25) is 9.79 Å². The molecular weight excluding hydrogens is 573 g/mol. The van der Waals surface area contributed by atoms with Crippen molar-refractivity contribution in [2.24, 2.45) is 4.99 Å². The van der Waals surface area contributed by atoms with E-state index in [1.165, 1.54) is 15.6 Å². The first kappa shape index (κ1) is 23.9. The van der Waals surface area contributed by atoms with Crippen LogP contribution in [0.25, 0.3) is 0 Å². The van der Waals surface area contributed by atoms with Crippen LogP contribution in [0.5, 0.6) is 5.75 Å². The topological polar surface area (TPSA) is 88.1 Å². The molecule has 0 fully saturated rings. The van der Waals surface area contributed by atoms with Gasteiger partial charge in [-0.1, -0.05) is 18.2 Å². The fraction of sp³-hybridized carbons (Fsp3) is 0.217. The van der Waals surface area contributed by atoms with E-state index in [1.807, 2.05) is 18.2 Å². The first-order valence-electron chi connectivity index (χ1n) is 10.2. The summed E-state index contributed by atoms with van der Waals surface area (Å²) in [4.78, 5) is 18.0. The number of hydrogen-bond donors (Lipinski definition) is 1. The number of carbonyl (C=O) groups is 1. The zero-order chi connectivity index (χ0) is 23.4. The molecule has 1 aromatic heterocycles. The fourth-order valence-electron chi connectivity index (χ4n) is 3.65. The van der Waals surface area contributed by atoms with E-state index in [0.29, 0.717) is 33.9 Å². The standard InChI is InChI=1S/C23H22IN3O4S2/c1-25-13-20-19-11-12-27(33(29,30)18-9-7-17(8-10-18)31-15-24)14-21(19)32-23(20)26-22(28)16-5-3-2-4-6-16/h2-10,13H,11-12,14-15H2,1H3,(H,26,28). The molecule has 0 atom stereocenters. The zero-order valence-corrected chi connectivity index (χ0v) is 21.6. The Morgan fingerprint density at radius 3 is 2.61 bits per heavy atom. The summed E-state index contributed by atoms with van der Waals surface area (Å²) in [7, 11) is -1.98. The summed E-state index contributed by atoms with van der Waals surface area (Å²) in [5.74, 6) is 0.420. The summed E-state index contributed by atoms with van der Waals surface area (Å²) in [6.45, 7) is 0.606. The number of anilines is 1. The van der Waals surface area contributed by atoms with E-state index in [2.05, 4.69) is 32.9 Å². The molecule has 172 valence electrons. The first-order chi connectivity index (χ1) is 15.9. The van der Waals surface area contributed by atoms with Crippen LogP contribution in [-0.4, -0.2) is 43.1 Å². The molecule has 0 saturated carbocycles. The van der Waals surface area contributed by atoms with Crippen LogP contribution in [0.15, 0.2) is 64.5 Å². The summed E-state index contributed by atoms with van der Waals surface area (Å²) in [6.07, 6.45) is 2.27. The Hall–Kier alpha value is -2.28. The van der Waals surface area contributed by atoms with Crippen LogP contribution in [0, 0.1) is 0 Å². The predicted octanol–water partition coefficient (Wildman–Crippen LogP) is 4.57. The lowest BCUT2D eigenvalue weighted by atomic mass is 10.0. The highest BCUT2D eigenvalue weighted by molar-refractivity contribution is 14.1. The van der Waals surface area contributed by atoms with E-state index >= 15 is 0 Å². The van der Waals surface area contributed by atoms with Crippen LogP contribution in [0.1, 0.15) is 26.4 Å². The molecule has 7 nitrogen and oxygen atoms in total. The lowest BCUT2D eigenvalue weighted by molar-refractivity contribution is 0.102. The van der Waals surface area contributed by atoms with Crippen molar-refractivity contribution in [1.29, 1.82) is 0 Å². The second-order valence-electron chi connectivity index (χ2n) is 7.27. The van der Waals surface area contributed by atoms with Gasteiger partial charge in [0.25, 0.3) is 5.91 Å². The SMILES string of the molecule is CN=Cc1c(NC(=O)c2ccccc2)sc2c1CCN(S(=O)(=O)c1ccc(OCI)cc1)C2. The first-order valence-corrected chi connectivity index (χ1v) is 13.9. The number of ether oxygens (including phenoxy) is 1. The van der Waals surface area contributed by atoms with Gasteiger partial charge in [-0.05, 0) is 71.0 Å². The number of benzene rings is 2. The maximum Gasteiger partial charge on any atom is 0.256 e. The minimum Gasteiger partial charge on any atom is -0.483 e. The molecule has 1 amide bonds. The van der Waals surface area contributed by atoms with Gasteiger partial charge in [-0.15, -0.1) is 11.3 Å². The third-order valence-corrected chi connectivity index (χ3v) is 8.59. The third-order valence-electron chi connectivity index (χ3n) is 5.27. The summed E-state index contributed by atoms with van der Waals surface area (Å²) >= 11 is 3.49. The molecule has 10 heteroatoms. The van der Waals surface area contributed by atoms with Crippen LogP contribution >= 0.6 is 33.9 Å². The number of nitrogens with zero attached hydrogens (tertiary/aromatic N) is 2. The number of alkyl halides is 1. The molecule has 33 heavy (non-hydrogen) atoms. The Balaban J connectivity index is 1.59. The molecule has 1 aliphatic rings. The quantitative estimate of drug-likeness (QED) is 0.247. The van der Waals surface area contributed by atoms with Crippen LogP contribution < -0.4 is 10.1 Å². The van der Waals surface area contributed by atoms with Crippen LogP contribution in [0.4, 0.5) is 5.00 Å². The molecule has 1 aliphatic heterocycles. The zero-order valence-electron chi connectivity index (χ0n) is 17.8. The fourth-order valence-corrected chi connectivity index (χ4v) is 6.73. The average Bonchev–Trinajstić information content (AvgIpc) is 3.16. The van der Waals surface area contributed by atoms with E-state index in [4.69, 9.17) is 4.74 Å². The highest BCUT2D eigenvalue weighted by atomic mass is 127. The highest BCUT2D eigenvalue weighted by Gasteiger charge is 2.32. The normalized spacial score (nSPS) is 14.2. The Morgan fingerprint density at radius 2 is 1.94 bits per heavy atom. The number of rotatable bonds is 7. The average molecular weight is 595 g/mol. The van der Waals surface area contributed by atoms with Crippen LogP contribution in [0.3, 0.4) is 0 Å². The molecule has 0 spiro atoms. The largest absolute Gasteiger partial charge is 0.483 e. The second-order valence-corrected chi connectivity index (χ2v) is 10.9. The summed E-state index contributed by atoms with van der Waals surface area (Å²) in [6, 6.07) is 15.5. The number of halogens is 1.